The molecule has 0 fully saturated rings. The first-order valence-electron chi connectivity index (χ1n) is 4.86. The van der Waals surface area contributed by atoms with Crippen LogP contribution in [0.4, 0.5) is 0 Å². The fourth-order valence-electron chi connectivity index (χ4n) is 1.29. The van der Waals surface area contributed by atoms with E-state index in [-0.39, 0.29) is 0 Å². The Morgan fingerprint density at radius 3 is 2.67 bits per heavy atom. The molecule has 0 spiro atoms. The van der Waals surface area contributed by atoms with Gasteiger partial charge < -0.3 is 9.53 Å². The highest BCUT2D eigenvalue weighted by atomic mass is 35.5. The van der Waals surface area contributed by atoms with Crippen molar-refractivity contribution in [2.24, 2.45) is 0 Å². The SMILES string of the molecule is COC(C)(C=O)CCc1ccccc1Cl. The molecule has 1 rings (SSSR count). The van der Waals surface area contributed by atoms with Gasteiger partial charge in [0.2, 0.25) is 0 Å². The van der Waals surface area contributed by atoms with Gasteiger partial charge in [0.1, 0.15) is 5.60 Å². The minimum atomic E-state index is -0.709. The maximum absolute atomic E-state index is 10.8. The number of aldehydes is 1. The Morgan fingerprint density at radius 1 is 1.47 bits per heavy atom. The van der Waals surface area contributed by atoms with E-state index in [4.69, 9.17) is 16.3 Å². The lowest BCUT2D eigenvalue weighted by Gasteiger charge is -2.21. The second-order valence-electron chi connectivity index (χ2n) is 3.73. The Morgan fingerprint density at radius 2 is 2.13 bits per heavy atom. The van der Waals surface area contributed by atoms with Crippen LogP contribution in [-0.2, 0) is 16.0 Å². The molecule has 0 aliphatic carbocycles. The molecule has 1 unspecified atom stereocenters. The molecule has 0 bridgehead atoms. The molecule has 82 valence electrons. The smallest absolute Gasteiger partial charge is 0.151 e. The molecule has 0 saturated carbocycles. The van der Waals surface area contributed by atoms with Crippen LogP contribution in [-0.4, -0.2) is 19.0 Å². The van der Waals surface area contributed by atoms with Crippen molar-refractivity contribution in [3.63, 3.8) is 0 Å². The van der Waals surface area contributed by atoms with Crippen LogP contribution in [0, 0.1) is 0 Å². The van der Waals surface area contributed by atoms with Gasteiger partial charge in [-0.15, -0.1) is 0 Å². The highest BCUT2D eigenvalue weighted by Crippen LogP contribution is 2.20. The largest absolute Gasteiger partial charge is 0.371 e. The summed E-state index contributed by atoms with van der Waals surface area (Å²) in [6.45, 7) is 1.77. The Labute approximate surface area is 95.2 Å². The summed E-state index contributed by atoms with van der Waals surface area (Å²) in [6.07, 6.45) is 2.21. The quantitative estimate of drug-likeness (QED) is 0.722. The van der Waals surface area contributed by atoms with Crippen molar-refractivity contribution in [3.05, 3.63) is 34.9 Å². The van der Waals surface area contributed by atoms with E-state index >= 15 is 0 Å². The Kier molecular flexibility index (Phi) is 4.30. The third-order valence-corrected chi connectivity index (χ3v) is 2.93. The summed E-state index contributed by atoms with van der Waals surface area (Å²) >= 11 is 6.01. The van der Waals surface area contributed by atoms with Crippen LogP contribution in [0.25, 0.3) is 0 Å². The van der Waals surface area contributed by atoms with E-state index in [2.05, 4.69) is 0 Å². The molecule has 3 heteroatoms. The zero-order valence-corrected chi connectivity index (χ0v) is 9.75. The van der Waals surface area contributed by atoms with Crippen molar-refractivity contribution in [1.82, 2.24) is 0 Å². The molecule has 0 saturated heterocycles. The van der Waals surface area contributed by atoms with E-state index in [1.807, 2.05) is 24.3 Å². The molecule has 0 aliphatic heterocycles. The highest BCUT2D eigenvalue weighted by Gasteiger charge is 2.22. The Hall–Kier alpha value is -0.860. The maximum atomic E-state index is 10.8. The topological polar surface area (TPSA) is 26.3 Å². The molecule has 0 aliphatic rings. The fourth-order valence-corrected chi connectivity index (χ4v) is 1.52. The van der Waals surface area contributed by atoms with E-state index in [1.54, 1.807) is 14.0 Å². The van der Waals surface area contributed by atoms with Gasteiger partial charge in [-0.1, -0.05) is 29.8 Å². The first-order chi connectivity index (χ1) is 7.11. The van der Waals surface area contributed by atoms with Crippen LogP contribution >= 0.6 is 11.6 Å². The standard InChI is InChI=1S/C12H15ClO2/c1-12(9-14,15-2)8-7-10-5-3-4-6-11(10)13/h3-6,9H,7-8H2,1-2H3. The van der Waals surface area contributed by atoms with Crippen LogP contribution in [0.1, 0.15) is 18.9 Å². The minimum Gasteiger partial charge on any atom is -0.371 e. The second-order valence-corrected chi connectivity index (χ2v) is 4.13. The first kappa shape index (κ1) is 12.2. The summed E-state index contributed by atoms with van der Waals surface area (Å²) in [7, 11) is 1.54. The lowest BCUT2D eigenvalue weighted by Crippen LogP contribution is -2.29. The van der Waals surface area contributed by atoms with Crippen molar-refractivity contribution >= 4 is 17.9 Å². The van der Waals surface area contributed by atoms with Crippen LogP contribution in [0.2, 0.25) is 5.02 Å². The maximum Gasteiger partial charge on any atom is 0.151 e. The first-order valence-corrected chi connectivity index (χ1v) is 5.24. The molecular weight excluding hydrogens is 212 g/mol. The average molecular weight is 227 g/mol. The van der Waals surface area contributed by atoms with Gasteiger partial charge in [-0.3, -0.25) is 0 Å². The number of rotatable bonds is 5. The lowest BCUT2D eigenvalue weighted by atomic mass is 9.98. The van der Waals surface area contributed by atoms with Crippen LogP contribution in [0.5, 0.6) is 0 Å². The van der Waals surface area contributed by atoms with Gasteiger partial charge in [-0.05, 0) is 31.4 Å². The number of ether oxygens (including phenoxy) is 1. The summed E-state index contributed by atoms with van der Waals surface area (Å²) in [4.78, 5) is 10.8. The number of hydrogen-bond donors (Lipinski definition) is 0. The molecular formula is C12H15ClO2. The van der Waals surface area contributed by atoms with Gasteiger partial charge in [0.25, 0.3) is 0 Å². The summed E-state index contributed by atoms with van der Waals surface area (Å²) in [5, 5.41) is 0.738. The van der Waals surface area contributed by atoms with Crippen molar-refractivity contribution in [2.45, 2.75) is 25.4 Å². The summed E-state index contributed by atoms with van der Waals surface area (Å²) < 4.78 is 5.14. The Balaban J connectivity index is 2.64. The second kappa shape index (κ2) is 5.29. The number of hydrogen-bond acceptors (Lipinski definition) is 2. The zero-order chi connectivity index (χ0) is 11.3. The van der Waals surface area contributed by atoms with Crippen LogP contribution in [0.3, 0.4) is 0 Å². The monoisotopic (exact) mass is 226 g/mol. The van der Waals surface area contributed by atoms with E-state index < -0.39 is 5.60 Å². The number of benzene rings is 1. The van der Waals surface area contributed by atoms with Gasteiger partial charge in [0, 0.05) is 12.1 Å². The number of carbonyl (C=O) groups is 1. The van der Waals surface area contributed by atoms with E-state index in [0.29, 0.717) is 6.42 Å². The normalized spacial score (nSPS) is 14.6. The Bertz CT molecular complexity index is 338. The van der Waals surface area contributed by atoms with Gasteiger partial charge in [0.05, 0.1) is 0 Å². The van der Waals surface area contributed by atoms with E-state index in [0.717, 1.165) is 23.3 Å². The number of carbonyl (C=O) groups excluding carboxylic acids is 1. The molecule has 1 atom stereocenters. The van der Waals surface area contributed by atoms with Crippen molar-refractivity contribution < 1.29 is 9.53 Å². The molecule has 1 aromatic carbocycles. The predicted octanol–water partition coefficient (Wildman–Crippen LogP) is 2.88. The van der Waals surface area contributed by atoms with Crippen molar-refractivity contribution in [1.29, 1.82) is 0 Å². The molecule has 0 aromatic heterocycles. The molecule has 0 N–H and O–H groups in total. The van der Waals surface area contributed by atoms with E-state index in [9.17, 15) is 4.79 Å². The summed E-state index contributed by atoms with van der Waals surface area (Å²) in [5.74, 6) is 0. The number of methoxy groups -OCH3 is 1. The zero-order valence-electron chi connectivity index (χ0n) is 9.00. The van der Waals surface area contributed by atoms with Crippen molar-refractivity contribution in [3.8, 4) is 0 Å². The molecule has 0 heterocycles. The molecule has 0 radical (unpaired) electrons. The summed E-state index contributed by atoms with van der Waals surface area (Å²) in [5.41, 5.74) is 0.336. The lowest BCUT2D eigenvalue weighted by molar-refractivity contribution is -0.126. The molecule has 2 nitrogen and oxygen atoms in total. The predicted molar refractivity (Wildman–Crippen MR) is 61.3 cm³/mol. The van der Waals surface area contributed by atoms with E-state index in [1.165, 1.54) is 0 Å². The molecule has 15 heavy (non-hydrogen) atoms. The highest BCUT2D eigenvalue weighted by molar-refractivity contribution is 6.31. The fraction of sp³-hybridized carbons (Fsp3) is 0.417. The summed E-state index contributed by atoms with van der Waals surface area (Å²) in [6, 6.07) is 7.64. The number of aryl methyl sites for hydroxylation is 1. The molecule has 1 aromatic rings. The van der Waals surface area contributed by atoms with Crippen LogP contribution in [0.15, 0.2) is 24.3 Å². The third kappa shape index (κ3) is 3.33. The van der Waals surface area contributed by atoms with Gasteiger partial charge in [0.15, 0.2) is 6.29 Å². The molecule has 0 amide bonds. The average Bonchev–Trinajstić information content (AvgIpc) is 2.28. The third-order valence-electron chi connectivity index (χ3n) is 2.56. The van der Waals surface area contributed by atoms with Crippen molar-refractivity contribution in [2.75, 3.05) is 7.11 Å². The minimum absolute atomic E-state index is 0.636. The van der Waals surface area contributed by atoms with Gasteiger partial charge >= 0.3 is 0 Å². The van der Waals surface area contributed by atoms with Gasteiger partial charge in [-0.25, -0.2) is 0 Å². The van der Waals surface area contributed by atoms with Crippen LogP contribution < -0.4 is 0 Å². The number of halogens is 1. The van der Waals surface area contributed by atoms with Gasteiger partial charge in [-0.2, -0.15) is 0 Å².